The molecule has 122 valence electrons. The van der Waals surface area contributed by atoms with E-state index in [0.717, 1.165) is 13.1 Å². The number of hydrogen-bond acceptors (Lipinski definition) is 3. The van der Waals surface area contributed by atoms with Gasteiger partial charge in [-0.15, -0.1) is 0 Å². The molecule has 1 unspecified atom stereocenters. The van der Waals surface area contributed by atoms with Gasteiger partial charge in [0.1, 0.15) is 0 Å². The third-order valence-corrected chi connectivity index (χ3v) is 5.43. The molecule has 1 amide bonds. The second-order valence-corrected chi connectivity index (χ2v) is 7.09. The fourth-order valence-electron chi connectivity index (χ4n) is 3.75. The highest BCUT2D eigenvalue weighted by molar-refractivity contribution is 5.76. The topological polar surface area (TPSA) is 26.8 Å². The Morgan fingerprint density at radius 2 is 1.71 bits per heavy atom. The van der Waals surface area contributed by atoms with Crippen LogP contribution in [0.25, 0.3) is 0 Å². The summed E-state index contributed by atoms with van der Waals surface area (Å²) in [6, 6.07) is 1.12. The molecule has 21 heavy (non-hydrogen) atoms. The molecule has 0 radical (unpaired) electrons. The summed E-state index contributed by atoms with van der Waals surface area (Å²) in [5.74, 6) is 0.333. The van der Waals surface area contributed by atoms with Crippen molar-refractivity contribution >= 4 is 5.91 Å². The second kappa shape index (κ2) is 8.14. The van der Waals surface area contributed by atoms with Gasteiger partial charge in [0.15, 0.2) is 0 Å². The Morgan fingerprint density at radius 1 is 1.05 bits per heavy atom. The van der Waals surface area contributed by atoms with Crippen molar-refractivity contribution in [3.05, 3.63) is 0 Å². The Kier molecular flexibility index (Phi) is 6.49. The Bertz CT molecular complexity index is 326. The third kappa shape index (κ3) is 4.96. The lowest BCUT2D eigenvalue weighted by Crippen LogP contribution is -2.40. The molecule has 1 atom stereocenters. The van der Waals surface area contributed by atoms with Crippen LogP contribution in [0.5, 0.6) is 0 Å². The zero-order chi connectivity index (χ0) is 15.2. The third-order valence-electron chi connectivity index (χ3n) is 5.43. The van der Waals surface area contributed by atoms with E-state index >= 15 is 0 Å². The molecule has 4 heteroatoms. The molecule has 0 bridgehead atoms. The zero-order valence-electron chi connectivity index (χ0n) is 14.2. The SMILES string of the molecule is CN1CCC(N(C)CCC(=O)N(C)C2CCCCCC2)C1. The van der Waals surface area contributed by atoms with Crippen LogP contribution in [0.4, 0.5) is 0 Å². The van der Waals surface area contributed by atoms with Crippen molar-refractivity contribution in [3.63, 3.8) is 0 Å². The molecule has 2 rings (SSSR count). The minimum absolute atomic E-state index is 0.333. The summed E-state index contributed by atoms with van der Waals surface area (Å²) < 4.78 is 0. The lowest BCUT2D eigenvalue weighted by Gasteiger charge is -2.29. The zero-order valence-corrected chi connectivity index (χ0v) is 14.2. The Balaban J connectivity index is 1.72. The van der Waals surface area contributed by atoms with E-state index in [4.69, 9.17) is 0 Å². The molecule has 1 saturated carbocycles. The maximum atomic E-state index is 12.4. The molecule has 2 fully saturated rings. The summed E-state index contributed by atoms with van der Waals surface area (Å²) in [7, 11) is 6.36. The number of likely N-dealkylation sites (N-methyl/N-ethyl adjacent to an activating group) is 2. The molecule has 2 aliphatic rings. The van der Waals surface area contributed by atoms with Crippen molar-refractivity contribution in [1.29, 1.82) is 0 Å². The monoisotopic (exact) mass is 295 g/mol. The lowest BCUT2D eigenvalue weighted by atomic mass is 10.1. The van der Waals surface area contributed by atoms with Gasteiger partial charge in [0.25, 0.3) is 0 Å². The Morgan fingerprint density at radius 3 is 2.29 bits per heavy atom. The van der Waals surface area contributed by atoms with Gasteiger partial charge in [0, 0.05) is 38.6 Å². The van der Waals surface area contributed by atoms with Crippen molar-refractivity contribution < 1.29 is 4.79 Å². The molecule has 1 heterocycles. The number of amides is 1. The minimum atomic E-state index is 0.333. The Hall–Kier alpha value is -0.610. The van der Waals surface area contributed by atoms with E-state index in [1.165, 1.54) is 51.5 Å². The van der Waals surface area contributed by atoms with E-state index in [9.17, 15) is 4.79 Å². The predicted molar refractivity (Wildman–Crippen MR) is 87.4 cm³/mol. The van der Waals surface area contributed by atoms with E-state index in [-0.39, 0.29) is 0 Å². The highest BCUT2D eigenvalue weighted by Gasteiger charge is 2.25. The number of likely N-dealkylation sites (tertiary alicyclic amines) is 1. The first-order valence-electron chi connectivity index (χ1n) is 8.72. The first kappa shape index (κ1) is 16.8. The van der Waals surface area contributed by atoms with Gasteiger partial charge in [-0.3, -0.25) is 4.79 Å². The Labute approximate surface area is 130 Å². The normalized spacial score (nSPS) is 25.2. The van der Waals surface area contributed by atoms with Crippen LogP contribution in [0.3, 0.4) is 0 Å². The van der Waals surface area contributed by atoms with Gasteiger partial charge < -0.3 is 14.7 Å². The van der Waals surface area contributed by atoms with Gasteiger partial charge in [0.2, 0.25) is 5.91 Å². The second-order valence-electron chi connectivity index (χ2n) is 7.09. The van der Waals surface area contributed by atoms with Crippen molar-refractivity contribution in [3.8, 4) is 0 Å². The average Bonchev–Trinajstić information content (AvgIpc) is 2.75. The molecule has 0 spiro atoms. The van der Waals surface area contributed by atoms with Crippen LogP contribution in [0, 0.1) is 0 Å². The van der Waals surface area contributed by atoms with Gasteiger partial charge in [-0.25, -0.2) is 0 Å². The van der Waals surface area contributed by atoms with E-state index in [1.54, 1.807) is 0 Å². The first-order valence-corrected chi connectivity index (χ1v) is 8.72. The van der Waals surface area contributed by atoms with Crippen molar-refractivity contribution in [2.75, 3.05) is 40.8 Å². The molecule has 1 saturated heterocycles. The number of carbonyl (C=O) groups is 1. The van der Waals surface area contributed by atoms with E-state index in [1.807, 2.05) is 11.9 Å². The van der Waals surface area contributed by atoms with Gasteiger partial charge in [0.05, 0.1) is 0 Å². The van der Waals surface area contributed by atoms with Gasteiger partial charge in [-0.2, -0.15) is 0 Å². The van der Waals surface area contributed by atoms with Crippen molar-refractivity contribution in [2.24, 2.45) is 0 Å². The maximum absolute atomic E-state index is 12.4. The standard InChI is InChI=1S/C17H33N3O/c1-18-12-10-16(14-18)19(2)13-11-17(21)20(3)15-8-6-4-5-7-9-15/h15-16H,4-14H2,1-3H3. The molecule has 0 aromatic rings. The smallest absolute Gasteiger partial charge is 0.223 e. The summed E-state index contributed by atoms with van der Waals surface area (Å²) in [6.45, 7) is 3.22. The minimum Gasteiger partial charge on any atom is -0.343 e. The number of nitrogens with zero attached hydrogens (tertiary/aromatic N) is 3. The van der Waals surface area contributed by atoms with E-state index in [0.29, 0.717) is 24.4 Å². The molecule has 0 N–H and O–H groups in total. The number of rotatable bonds is 5. The molecule has 0 aromatic heterocycles. The summed E-state index contributed by atoms with van der Waals surface area (Å²) in [4.78, 5) is 19.2. The summed E-state index contributed by atoms with van der Waals surface area (Å²) in [5, 5.41) is 0. The van der Waals surface area contributed by atoms with Crippen LogP contribution >= 0.6 is 0 Å². The lowest BCUT2D eigenvalue weighted by molar-refractivity contribution is -0.132. The molecule has 1 aliphatic carbocycles. The van der Waals surface area contributed by atoms with E-state index in [2.05, 4.69) is 23.9 Å². The maximum Gasteiger partial charge on any atom is 0.223 e. The average molecular weight is 295 g/mol. The van der Waals surface area contributed by atoms with Crippen molar-refractivity contribution in [2.45, 2.75) is 63.5 Å². The van der Waals surface area contributed by atoms with Crippen molar-refractivity contribution in [1.82, 2.24) is 14.7 Å². The van der Waals surface area contributed by atoms with Crippen LogP contribution in [0.2, 0.25) is 0 Å². The molecule has 0 aromatic carbocycles. The molecular weight excluding hydrogens is 262 g/mol. The van der Waals surface area contributed by atoms with Crippen LogP contribution in [0.1, 0.15) is 51.4 Å². The largest absolute Gasteiger partial charge is 0.343 e. The van der Waals surface area contributed by atoms with Crippen LogP contribution < -0.4 is 0 Å². The predicted octanol–water partition coefficient (Wildman–Crippen LogP) is 2.19. The summed E-state index contributed by atoms with van der Waals surface area (Å²) in [5.41, 5.74) is 0. The highest BCUT2D eigenvalue weighted by Crippen LogP contribution is 2.21. The van der Waals surface area contributed by atoms with Gasteiger partial charge in [-0.05, 0) is 39.9 Å². The van der Waals surface area contributed by atoms with Crippen LogP contribution in [-0.4, -0.2) is 73.5 Å². The summed E-state index contributed by atoms with van der Waals surface area (Å²) in [6.07, 6.45) is 9.57. The number of hydrogen-bond donors (Lipinski definition) is 0. The van der Waals surface area contributed by atoms with E-state index < -0.39 is 0 Å². The quantitative estimate of drug-likeness (QED) is 0.728. The fourth-order valence-corrected chi connectivity index (χ4v) is 3.75. The summed E-state index contributed by atoms with van der Waals surface area (Å²) >= 11 is 0. The number of carbonyl (C=O) groups excluding carboxylic acids is 1. The van der Waals surface area contributed by atoms with Crippen LogP contribution in [0.15, 0.2) is 0 Å². The first-order chi connectivity index (χ1) is 10.1. The van der Waals surface area contributed by atoms with Crippen LogP contribution in [-0.2, 0) is 4.79 Å². The highest BCUT2D eigenvalue weighted by atomic mass is 16.2. The van der Waals surface area contributed by atoms with Gasteiger partial charge in [-0.1, -0.05) is 25.7 Å². The van der Waals surface area contributed by atoms with Gasteiger partial charge >= 0.3 is 0 Å². The fraction of sp³-hybridized carbons (Fsp3) is 0.941. The molecule has 4 nitrogen and oxygen atoms in total. The molecule has 1 aliphatic heterocycles. The molecular formula is C17H33N3O.